The summed E-state index contributed by atoms with van der Waals surface area (Å²) in [5.41, 5.74) is 0. The first-order chi connectivity index (χ1) is 5.09. The fourth-order valence-corrected chi connectivity index (χ4v) is 0.871. The molecule has 7 heteroatoms. The molecule has 1 aromatic heterocycles. The van der Waals surface area contributed by atoms with Gasteiger partial charge in [-0.3, -0.25) is 0 Å². The smallest absolute Gasteiger partial charge is 0.358 e. The average Bonchev–Trinajstić information content (AvgIpc) is 1.85. The van der Waals surface area contributed by atoms with Crippen molar-refractivity contribution in [1.82, 2.24) is 9.97 Å². The largest absolute Gasteiger partial charge is 0.370 e. The lowest BCUT2D eigenvalue weighted by atomic mass is 10.6. The van der Waals surface area contributed by atoms with Crippen molar-refractivity contribution in [2.45, 2.75) is 0 Å². The zero-order valence-electron chi connectivity index (χ0n) is 4.99. The van der Waals surface area contributed by atoms with Crippen molar-refractivity contribution in [3.8, 4) is 0 Å². The molecule has 58 valence electrons. The van der Waals surface area contributed by atoms with Gasteiger partial charge in [0.15, 0.2) is 0 Å². The van der Waals surface area contributed by atoms with Crippen LogP contribution in [0.1, 0.15) is 0 Å². The lowest BCUT2D eigenvalue weighted by Gasteiger charge is -1.90. The van der Waals surface area contributed by atoms with Gasteiger partial charge in [0.25, 0.3) is 0 Å². The van der Waals surface area contributed by atoms with E-state index in [4.69, 9.17) is 23.2 Å². The highest BCUT2D eigenvalue weighted by Crippen LogP contribution is 2.15. The summed E-state index contributed by atoms with van der Waals surface area (Å²) in [5, 5.41) is 9.83. The molecule has 5 nitrogen and oxygen atoms in total. The highest BCUT2D eigenvalue weighted by molar-refractivity contribution is 6.31. The van der Waals surface area contributed by atoms with E-state index in [1.807, 2.05) is 0 Å². The summed E-state index contributed by atoms with van der Waals surface area (Å²) in [5.74, 6) is -0.407. The number of rotatable bonds is 1. The Morgan fingerprint density at radius 3 is 2.55 bits per heavy atom. The van der Waals surface area contributed by atoms with E-state index in [1.54, 1.807) is 0 Å². The van der Waals surface area contributed by atoms with Gasteiger partial charge in [-0.25, -0.2) is 0 Å². The summed E-state index contributed by atoms with van der Waals surface area (Å²) < 4.78 is 0. The molecule has 0 aliphatic heterocycles. The van der Waals surface area contributed by atoms with Crippen molar-refractivity contribution >= 4 is 29.0 Å². The molecular formula is C4HCl2N3O2. The van der Waals surface area contributed by atoms with Gasteiger partial charge in [0.1, 0.15) is 5.15 Å². The highest BCUT2D eigenvalue weighted by atomic mass is 35.5. The lowest BCUT2D eigenvalue weighted by molar-refractivity contribution is -0.389. The van der Waals surface area contributed by atoms with Crippen molar-refractivity contribution in [1.29, 1.82) is 0 Å². The van der Waals surface area contributed by atoms with Gasteiger partial charge >= 0.3 is 11.1 Å². The number of aromatic nitrogens is 2. The fraction of sp³-hybridized carbons (Fsp3) is 0. The van der Waals surface area contributed by atoms with Crippen LogP contribution in [0.4, 0.5) is 5.82 Å². The maximum atomic E-state index is 10.1. The molecule has 0 spiro atoms. The lowest BCUT2D eigenvalue weighted by Crippen LogP contribution is -1.93. The Labute approximate surface area is 71.1 Å². The molecule has 0 aromatic carbocycles. The van der Waals surface area contributed by atoms with E-state index in [1.165, 1.54) is 0 Å². The molecule has 0 N–H and O–H groups in total. The molecular weight excluding hydrogens is 193 g/mol. The number of nitrogens with zero attached hydrogens (tertiary/aromatic N) is 3. The number of halogens is 2. The van der Waals surface area contributed by atoms with E-state index in [9.17, 15) is 10.1 Å². The van der Waals surface area contributed by atoms with Crippen LogP contribution in [0.5, 0.6) is 0 Å². The highest BCUT2D eigenvalue weighted by Gasteiger charge is 2.11. The summed E-state index contributed by atoms with van der Waals surface area (Å²) in [6, 6.07) is 1.02. The van der Waals surface area contributed by atoms with Crippen LogP contribution < -0.4 is 0 Å². The van der Waals surface area contributed by atoms with Crippen LogP contribution in [0.2, 0.25) is 10.4 Å². The van der Waals surface area contributed by atoms with Gasteiger partial charge in [-0.1, -0.05) is 11.6 Å². The average molecular weight is 194 g/mol. The summed E-state index contributed by atoms with van der Waals surface area (Å²) in [6.07, 6.45) is 0. The zero-order chi connectivity index (χ0) is 8.43. The predicted octanol–water partition coefficient (Wildman–Crippen LogP) is 1.69. The number of hydrogen-bond donors (Lipinski definition) is 0. The van der Waals surface area contributed by atoms with Crippen molar-refractivity contribution < 1.29 is 4.92 Å². The standard InChI is InChI=1S/C4HCl2N3O2/c5-2-1-3(9(10)11)8-4(6)7-2/h1H. The van der Waals surface area contributed by atoms with E-state index in [2.05, 4.69) is 9.97 Å². The Hall–Kier alpha value is -0.940. The maximum absolute atomic E-state index is 10.1. The third-order valence-electron chi connectivity index (χ3n) is 0.841. The summed E-state index contributed by atoms with van der Waals surface area (Å²) in [7, 11) is 0. The molecule has 0 amide bonds. The second-order valence-electron chi connectivity index (χ2n) is 1.58. The van der Waals surface area contributed by atoms with E-state index >= 15 is 0 Å². The van der Waals surface area contributed by atoms with Gasteiger partial charge < -0.3 is 10.1 Å². The Morgan fingerprint density at radius 1 is 1.45 bits per heavy atom. The molecule has 0 unspecified atom stereocenters. The first kappa shape index (κ1) is 8.16. The molecule has 0 fully saturated rings. The number of nitro groups is 1. The molecule has 0 saturated heterocycles. The number of hydrogen-bond acceptors (Lipinski definition) is 4. The Bertz CT molecular complexity index is 283. The molecule has 0 saturated carbocycles. The minimum Gasteiger partial charge on any atom is -0.358 e. The summed E-state index contributed by atoms with van der Waals surface area (Å²) in [4.78, 5) is 16.1. The molecule has 11 heavy (non-hydrogen) atoms. The second-order valence-corrected chi connectivity index (χ2v) is 2.30. The third-order valence-corrected chi connectivity index (χ3v) is 1.20. The molecule has 1 rings (SSSR count). The molecule has 0 aliphatic carbocycles. The van der Waals surface area contributed by atoms with Crippen LogP contribution >= 0.6 is 23.2 Å². The minimum atomic E-state index is -0.695. The second kappa shape index (κ2) is 2.98. The van der Waals surface area contributed by atoms with Crippen LogP contribution in [-0.2, 0) is 0 Å². The minimum absolute atomic E-state index is 0.0447. The van der Waals surface area contributed by atoms with E-state index < -0.39 is 10.7 Å². The van der Waals surface area contributed by atoms with Crippen LogP contribution in [-0.4, -0.2) is 14.9 Å². The van der Waals surface area contributed by atoms with Crippen LogP contribution in [0.15, 0.2) is 6.07 Å². The quantitative estimate of drug-likeness (QED) is 0.295. The SMILES string of the molecule is O=[N+]([O-])c1cc(Cl)nc(Cl)n1. The predicted molar refractivity (Wildman–Crippen MR) is 38.7 cm³/mol. The Balaban J connectivity index is 3.19. The first-order valence-electron chi connectivity index (χ1n) is 2.44. The summed E-state index contributed by atoms with van der Waals surface area (Å²) in [6.45, 7) is 0. The van der Waals surface area contributed by atoms with Crippen molar-refractivity contribution in [2.75, 3.05) is 0 Å². The van der Waals surface area contributed by atoms with Gasteiger partial charge in [-0.15, -0.1) is 0 Å². The normalized spacial score (nSPS) is 9.64. The molecule has 1 heterocycles. The molecule has 1 aromatic rings. The molecule has 0 aliphatic rings. The van der Waals surface area contributed by atoms with Gasteiger partial charge in [-0.2, -0.15) is 4.98 Å². The first-order valence-corrected chi connectivity index (χ1v) is 3.19. The van der Waals surface area contributed by atoms with Crippen LogP contribution in [0.25, 0.3) is 0 Å². The van der Waals surface area contributed by atoms with E-state index in [0.29, 0.717) is 0 Å². The molecule has 0 radical (unpaired) electrons. The Morgan fingerprint density at radius 2 is 2.09 bits per heavy atom. The van der Waals surface area contributed by atoms with E-state index in [0.717, 1.165) is 6.07 Å². The monoisotopic (exact) mass is 193 g/mol. The van der Waals surface area contributed by atoms with Gasteiger partial charge in [-0.05, 0) is 21.5 Å². The van der Waals surface area contributed by atoms with Crippen LogP contribution in [0, 0.1) is 10.1 Å². The molecule has 0 atom stereocenters. The maximum Gasteiger partial charge on any atom is 0.370 e. The molecule has 0 bridgehead atoms. The zero-order valence-corrected chi connectivity index (χ0v) is 6.50. The third kappa shape index (κ3) is 1.99. The van der Waals surface area contributed by atoms with Gasteiger partial charge in [0, 0.05) is 0 Å². The topological polar surface area (TPSA) is 68.9 Å². The van der Waals surface area contributed by atoms with Gasteiger partial charge in [0.2, 0.25) is 0 Å². The van der Waals surface area contributed by atoms with Crippen molar-refractivity contribution in [3.05, 3.63) is 26.6 Å². The van der Waals surface area contributed by atoms with Crippen molar-refractivity contribution in [3.63, 3.8) is 0 Å². The van der Waals surface area contributed by atoms with Crippen LogP contribution in [0.3, 0.4) is 0 Å². The van der Waals surface area contributed by atoms with Gasteiger partial charge in [0.05, 0.1) is 6.07 Å². The fourth-order valence-electron chi connectivity index (χ4n) is 0.472. The van der Waals surface area contributed by atoms with Crippen molar-refractivity contribution in [2.24, 2.45) is 0 Å². The summed E-state index contributed by atoms with van der Waals surface area (Å²) >= 11 is 10.6. The Kier molecular flexibility index (Phi) is 2.21. The van der Waals surface area contributed by atoms with E-state index in [-0.39, 0.29) is 10.4 Å².